The summed E-state index contributed by atoms with van der Waals surface area (Å²) < 4.78 is 23.8. The van der Waals surface area contributed by atoms with Crippen molar-refractivity contribution in [3.05, 3.63) is 54.5 Å². The Bertz CT molecular complexity index is 496. The lowest BCUT2D eigenvalue weighted by molar-refractivity contribution is 0.490. The van der Waals surface area contributed by atoms with Gasteiger partial charge in [0.1, 0.15) is 0 Å². The van der Waals surface area contributed by atoms with Gasteiger partial charge in [0.25, 0.3) is 0 Å². The molecule has 0 radical (unpaired) electrons. The van der Waals surface area contributed by atoms with Gasteiger partial charge in [0.2, 0.25) is 0 Å². The quantitative estimate of drug-likeness (QED) is 0.749. The molecule has 2 nitrogen and oxygen atoms in total. The molecule has 0 heterocycles. The number of sulfone groups is 1. The van der Waals surface area contributed by atoms with E-state index in [9.17, 15) is 8.42 Å². The highest BCUT2D eigenvalue weighted by Crippen LogP contribution is 2.22. The summed E-state index contributed by atoms with van der Waals surface area (Å²) in [5, 5.41) is 1.27. The molecule has 0 aromatic heterocycles. The molecular weight excluding hydrogens is 232 g/mol. The van der Waals surface area contributed by atoms with Crippen LogP contribution < -0.4 is 0 Å². The standard InChI is InChI=1S/C14H18O2S/c1-4-14(2,3)11-8-12-17(15,16)13-9-6-5-7-10-13/h4-10,12H,1,11H2,2-3H3/b12-8+. The van der Waals surface area contributed by atoms with Gasteiger partial charge in [0.15, 0.2) is 9.84 Å². The van der Waals surface area contributed by atoms with Gasteiger partial charge in [-0.05, 0) is 24.0 Å². The molecule has 0 aliphatic carbocycles. The molecule has 0 atom stereocenters. The summed E-state index contributed by atoms with van der Waals surface area (Å²) in [6.07, 6.45) is 4.17. The lowest BCUT2D eigenvalue weighted by atomic mass is 9.90. The molecule has 3 heteroatoms. The Labute approximate surface area is 104 Å². The van der Waals surface area contributed by atoms with E-state index in [-0.39, 0.29) is 5.41 Å². The highest BCUT2D eigenvalue weighted by molar-refractivity contribution is 7.94. The van der Waals surface area contributed by atoms with Crippen molar-refractivity contribution in [3.8, 4) is 0 Å². The molecule has 0 unspecified atom stereocenters. The van der Waals surface area contributed by atoms with Crippen molar-refractivity contribution in [3.63, 3.8) is 0 Å². The van der Waals surface area contributed by atoms with Crippen LogP contribution in [0.15, 0.2) is 59.4 Å². The lowest BCUT2D eigenvalue weighted by Crippen LogP contribution is -2.05. The van der Waals surface area contributed by atoms with E-state index in [0.29, 0.717) is 11.3 Å². The average molecular weight is 250 g/mol. The van der Waals surface area contributed by atoms with Crippen LogP contribution in [0.2, 0.25) is 0 Å². The maximum atomic E-state index is 11.9. The van der Waals surface area contributed by atoms with Crippen molar-refractivity contribution >= 4 is 9.84 Å². The number of allylic oxidation sites excluding steroid dienone is 2. The van der Waals surface area contributed by atoms with Gasteiger partial charge < -0.3 is 0 Å². The summed E-state index contributed by atoms with van der Waals surface area (Å²) in [4.78, 5) is 0.327. The summed E-state index contributed by atoms with van der Waals surface area (Å²) >= 11 is 0. The average Bonchev–Trinajstić information content (AvgIpc) is 2.30. The molecule has 0 saturated carbocycles. The van der Waals surface area contributed by atoms with Gasteiger partial charge in [0.05, 0.1) is 4.90 Å². The fourth-order valence-electron chi connectivity index (χ4n) is 1.25. The topological polar surface area (TPSA) is 34.1 Å². The van der Waals surface area contributed by atoms with E-state index in [0.717, 1.165) is 0 Å². The van der Waals surface area contributed by atoms with Gasteiger partial charge in [-0.1, -0.05) is 44.2 Å². The molecule has 0 spiro atoms. The van der Waals surface area contributed by atoms with E-state index in [2.05, 4.69) is 6.58 Å². The number of hydrogen-bond acceptors (Lipinski definition) is 2. The fraction of sp³-hybridized carbons (Fsp3) is 0.286. The fourth-order valence-corrected chi connectivity index (χ4v) is 2.29. The van der Waals surface area contributed by atoms with Crippen molar-refractivity contribution in [1.82, 2.24) is 0 Å². The Hall–Kier alpha value is -1.35. The lowest BCUT2D eigenvalue weighted by Gasteiger charge is -2.16. The van der Waals surface area contributed by atoms with Crippen molar-refractivity contribution in [2.75, 3.05) is 0 Å². The first-order valence-electron chi connectivity index (χ1n) is 5.48. The zero-order valence-corrected chi connectivity index (χ0v) is 11.1. The Balaban J connectivity index is 2.82. The monoisotopic (exact) mass is 250 g/mol. The maximum Gasteiger partial charge on any atom is 0.199 e. The van der Waals surface area contributed by atoms with Gasteiger partial charge in [-0.25, -0.2) is 8.42 Å². The first-order chi connectivity index (χ1) is 7.87. The molecule has 0 amide bonds. The summed E-state index contributed by atoms with van der Waals surface area (Å²) in [6, 6.07) is 8.42. The van der Waals surface area contributed by atoms with Gasteiger partial charge in [-0.3, -0.25) is 0 Å². The maximum absolute atomic E-state index is 11.9. The number of hydrogen-bond donors (Lipinski definition) is 0. The van der Waals surface area contributed by atoms with Gasteiger partial charge in [-0.2, -0.15) is 0 Å². The SMILES string of the molecule is C=CC(C)(C)C/C=C/S(=O)(=O)c1ccccc1. The van der Waals surface area contributed by atoms with Gasteiger partial charge in [0, 0.05) is 5.41 Å². The van der Waals surface area contributed by atoms with Gasteiger partial charge >= 0.3 is 0 Å². The second-order valence-electron chi connectivity index (χ2n) is 4.63. The van der Waals surface area contributed by atoms with E-state index in [1.165, 1.54) is 5.41 Å². The zero-order chi connectivity index (χ0) is 12.9. The number of rotatable bonds is 5. The molecule has 0 N–H and O–H groups in total. The third kappa shape index (κ3) is 4.19. The zero-order valence-electron chi connectivity index (χ0n) is 10.3. The molecule has 0 fully saturated rings. The van der Waals surface area contributed by atoms with Crippen molar-refractivity contribution in [1.29, 1.82) is 0 Å². The van der Waals surface area contributed by atoms with Crippen LogP contribution in [-0.2, 0) is 9.84 Å². The third-order valence-electron chi connectivity index (χ3n) is 2.54. The van der Waals surface area contributed by atoms with Gasteiger partial charge in [-0.15, -0.1) is 6.58 Å². The molecule has 17 heavy (non-hydrogen) atoms. The van der Waals surface area contributed by atoms with E-state index >= 15 is 0 Å². The Morgan fingerprint density at radius 3 is 2.35 bits per heavy atom. The Kier molecular flexibility index (Phi) is 4.29. The molecule has 1 aromatic rings. The Morgan fingerprint density at radius 2 is 1.82 bits per heavy atom. The second kappa shape index (κ2) is 5.32. The molecule has 0 bridgehead atoms. The second-order valence-corrected chi connectivity index (χ2v) is 6.46. The predicted octanol–water partition coefficient (Wildman–Crippen LogP) is 3.58. The summed E-state index contributed by atoms with van der Waals surface area (Å²) in [5.41, 5.74) is -0.0806. The van der Waals surface area contributed by atoms with E-state index in [1.54, 1.807) is 36.4 Å². The minimum Gasteiger partial charge on any atom is -0.219 e. The minimum atomic E-state index is -3.31. The first-order valence-corrected chi connectivity index (χ1v) is 7.02. The van der Waals surface area contributed by atoms with Crippen LogP contribution in [0.4, 0.5) is 0 Å². The third-order valence-corrected chi connectivity index (χ3v) is 4.02. The molecule has 0 aliphatic rings. The number of benzene rings is 1. The van der Waals surface area contributed by atoms with Crippen LogP contribution in [0.3, 0.4) is 0 Å². The molecular formula is C14H18O2S. The molecule has 92 valence electrons. The van der Waals surface area contributed by atoms with Crippen molar-refractivity contribution in [2.24, 2.45) is 5.41 Å². The van der Waals surface area contributed by atoms with Crippen LogP contribution in [0, 0.1) is 5.41 Å². The minimum absolute atomic E-state index is 0.0806. The van der Waals surface area contributed by atoms with Crippen LogP contribution in [0.5, 0.6) is 0 Å². The normalized spacial score (nSPS) is 12.8. The predicted molar refractivity (Wildman–Crippen MR) is 71.4 cm³/mol. The van der Waals surface area contributed by atoms with E-state index in [4.69, 9.17) is 0 Å². The highest BCUT2D eigenvalue weighted by atomic mass is 32.2. The first kappa shape index (κ1) is 13.7. The van der Waals surface area contributed by atoms with E-state index < -0.39 is 9.84 Å². The molecule has 1 rings (SSSR count). The Morgan fingerprint density at radius 1 is 1.24 bits per heavy atom. The molecule has 1 aromatic carbocycles. The van der Waals surface area contributed by atoms with E-state index in [1.807, 2.05) is 19.9 Å². The van der Waals surface area contributed by atoms with Crippen molar-refractivity contribution in [2.45, 2.75) is 25.2 Å². The molecule has 0 saturated heterocycles. The summed E-state index contributed by atoms with van der Waals surface area (Å²) in [7, 11) is -3.31. The largest absolute Gasteiger partial charge is 0.219 e. The summed E-state index contributed by atoms with van der Waals surface area (Å²) in [5.74, 6) is 0. The van der Waals surface area contributed by atoms with Crippen LogP contribution >= 0.6 is 0 Å². The smallest absolute Gasteiger partial charge is 0.199 e. The molecule has 0 aliphatic heterocycles. The van der Waals surface area contributed by atoms with Crippen LogP contribution in [0.1, 0.15) is 20.3 Å². The van der Waals surface area contributed by atoms with Crippen molar-refractivity contribution < 1.29 is 8.42 Å². The van der Waals surface area contributed by atoms with Crippen LogP contribution in [0.25, 0.3) is 0 Å². The summed E-state index contributed by atoms with van der Waals surface area (Å²) in [6.45, 7) is 7.75. The van der Waals surface area contributed by atoms with Crippen LogP contribution in [-0.4, -0.2) is 8.42 Å². The highest BCUT2D eigenvalue weighted by Gasteiger charge is 2.12.